The highest BCUT2D eigenvalue weighted by molar-refractivity contribution is 7.99. The molecular weight excluding hydrogens is 300 g/mol. The van der Waals surface area contributed by atoms with Gasteiger partial charge in [-0.2, -0.15) is 0 Å². The first-order chi connectivity index (χ1) is 10.1. The molecule has 0 bridgehead atoms. The average Bonchev–Trinajstić information content (AvgIpc) is 3.24. The summed E-state index contributed by atoms with van der Waals surface area (Å²) in [5, 5.41) is 3.57. The Morgan fingerprint density at radius 3 is 2.81 bits per heavy atom. The number of benzene rings is 1. The lowest BCUT2D eigenvalue weighted by atomic mass is 10.0. The van der Waals surface area contributed by atoms with Crippen molar-refractivity contribution in [2.75, 3.05) is 31.3 Å². The minimum atomic E-state index is 0.400. The van der Waals surface area contributed by atoms with Crippen molar-refractivity contribution >= 4 is 34.7 Å². The van der Waals surface area contributed by atoms with E-state index in [0.717, 1.165) is 41.5 Å². The Morgan fingerprint density at radius 2 is 2.24 bits per heavy atom. The second-order valence-corrected chi connectivity index (χ2v) is 7.32. The molecule has 3 N–H and O–H groups in total. The number of nitrogens with two attached hydrogens (primary N) is 1. The summed E-state index contributed by atoms with van der Waals surface area (Å²) in [7, 11) is 1.76. The van der Waals surface area contributed by atoms with Crippen LogP contribution in [0.5, 0.6) is 0 Å². The molecular formula is C16H24N2OS2. The number of thiocarbonyl (C=S) groups is 1. The largest absolute Gasteiger partial charge is 0.389 e. The lowest BCUT2D eigenvalue weighted by Gasteiger charge is -2.19. The van der Waals surface area contributed by atoms with Gasteiger partial charge in [0, 0.05) is 36.4 Å². The van der Waals surface area contributed by atoms with Crippen molar-refractivity contribution < 1.29 is 4.74 Å². The fourth-order valence-corrected chi connectivity index (χ4v) is 3.64. The Hall–Kier alpha value is -0.780. The second kappa shape index (κ2) is 7.47. The van der Waals surface area contributed by atoms with E-state index in [1.165, 1.54) is 12.8 Å². The fourth-order valence-electron chi connectivity index (χ4n) is 2.50. The van der Waals surface area contributed by atoms with Crippen LogP contribution in [0.1, 0.15) is 31.7 Å². The summed E-state index contributed by atoms with van der Waals surface area (Å²) >= 11 is 7.03. The Kier molecular flexibility index (Phi) is 5.90. The van der Waals surface area contributed by atoms with Crippen LogP contribution >= 0.6 is 24.0 Å². The molecule has 1 saturated carbocycles. The number of thioether (sulfide) groups is 1. The Morgan fingerprint density at radius 1 is 1.48 bits per heavy atom. The van der Waals surface area contributed by atoms with Crippen molar-refractivity contribution in [1.29, 1.82) is 0 Å². The van der Waals surface area contributed by atoms with E-state index in [0.29, 0.717) is 10.4 Å². The van der Waals surface area contributed by atoms with Gasteiger partial charge in [-0.05, 0) is 42.6 Å². The predicted molar refractivity (Wildman–Crippen MR) is 95.4 cm³/mol. The predicted octanol–water partition coefficient (Wildman–Crippen LogP) is 3.66. The van der Waals surface area contributed by atoms with Crippen molar-refractivity contribution in [2.45, 2.75) is 31.1 Å². The molecule has 0 heterocycles. The number of ether oxygens (including phenoxy) is 1. The lowest BCUT2D eigenvalue weighted by Crippen LogP contribution is -2.20. The summed E-state index contributed by atoms with van der Waals surface area (Å²) in [4.78, 5) is 1.63. The van der Waals surface area contributed by atoms with E-state index in [-0.39, 0.29) is 0 Å². The van der Waals surface area contributed by atoms with Gasteiger partial charge in [-0.25, -0.2) is 0 Å². The van der Waals surface area contributed by atoms with Crippen LogP contribution in [0, 0.1) is 5.41 Å². The van der Waals surface area contributed by atoms with Gasteiger partial charge >= 0.3 is 0 Å². The molecule has 1 fully saturated rings. The average molecular weight is 325 g/mol. The topological polar surface area (TPSA) is 47.3 Å². The molecule has 0 unspecified atom stereocenters. The third kappa shape index (κ3) is 4.34. The van der Waals surface area contributed by atoms with Crippen LogP contribution in [0.4, 0.5) is 5.69 Å². The zero-order chi connectivity index (χ0) is 15.3. The molecule has 0 aromatic heterocycles. The molecule has 3 nitrogen and oxygen atoms in total. The minimum absolute atomic E-state index is 0.400. The second-order valence-electron chi connectivity index (χ2n) is 5.57. The summed E-state index contributed by atoms with van der Waals surface area (Å²) in [6.07, 6.45) is 3.66. The van der Waals surface area contributed by atoms with E-state index in [1.54, 1.807) is 18.9 Å². The third-order valence-corrected chi connectivity index (χ3v) is 5.16. The van der Waals surface area contributed by atoms with Crippen LogP contribution in [0.2, 0.25) is 0 Å². The summed E-state index contributed by atoms with van der Waals surface area (Å²) in [5.41, 5.74) is 8.39. The molecule has 1 aromatic carbocycles. The first-order valence-electron chi connectivity index (χ1n) is 7.40. The first kappa shape index (κ1) is 16.6. The molecule has 5 heteroatoms. The van der Waals surface area contributed by atoms with E-state index in [1.807, 2.05) is 0 Å². The molecule has 0 amide bonds. The highest BCUT2D eigenvalue weighted by atomic mass is 32.2. The van der Waals surface area contributed by atoms with E-state index in [9.17, 15) is 0 Å². The number of methoxy groups -OCH3 is 1. The fraction of sp³-hybridized carbons (Fsp3) is 0.562. The van der Waals surface area contributed by atoms with E-state index < -0.39 is 0 Å². The molecule has 21 heavy (non-hydrogen) atoms. The number of hydrogen-bond acceptors (Lipinski definition) is 4. The molecule has 1 aliphatic carbocycles. The normalized spacial score (nSPS) is 15.7. The molecule has 0 radical (unpaired) electrons. The molecule has 0 saturated heterocycles. The van der Waals surface area contributed by atoms with Gasteiger partial charge in [-0.1, -0.05) is 25.2 Å². The van der Waals surface area contributed by atoms with Gasteiger partial charge in [0.2, 0.25) is 0 Å². The van der Waals surface area contributed by atoms with E-state index >= 15 is 0 Å². The molecule has 1 aliphatic rings. The zero-order valence-electron chi connectivity index (χ0n) is 12.8. The molecule has 1 aromatic rings. The number of hydrogen-bond donors (Lipinski definition) is 2. The maximum atomic E-state index is 5.94. The smallest absolute Gasteiger partial charge is 0.107 e. The van der Waals surface area contributed by atoms with Gasteiger partial charge in [0.05, 0.1) is 0 Å². The monoisotopic (exact) mass is 324 g/mol. The van der Waals surface area contributed by atoms with Crippen LogP contribution in [-0.4, -0.2) is 31.0 Å². The molecule has 0 aliphatic heterocycles. The van der Waals surface area contributed by atoms with E-state index in [2.05, 4.69) is 30.4 Å². The van der Waals surface area contributed by atoms with Crippen molar-refractivity contribution in [3.05, 3.63) is 23.8 Å². The maximum absolute atomic E-state index is 5.94. The Labute approximate surface area is 137 Å². The van der Waals surface area contributed by atoms with Crippen LogP contribution in [0.15, 0.2) is 23.1 Å². The quantitative estimate of drug-likeness (QED) is 0.536. The SMILES string of the molecule is CCSc1cccc(NCC2(CCOC)CC2)c1C(N)=S. The number of nitrogens with one attached hydrogen (secondary N) is 1. The van der Waals surface area contributed by atoms with Crippen molar-refractivity contribution in [3.8, 4) is 0 Å². The number of rotatable bonds is 9. The van der Waals surface area contributed by atoms with Gasteiger partial charge in [-0.3, -0.25) is 0 Å². The molecule has 0 atom stereocenters. The summed E-state index contributed by atoms with van der Waals surface area (Å²) in [6.45, 7) is 3.93. The van der Waals surface area contributed by atoms with Crippen molar-refractivity contribution in [2.24, 2.45) is 11.1 Å². The third-order valence-electron chi connectivity index (χ3n) is 4.02. The van der Waals surface area contributed by atoms with Gasteiger partial charge in [0.15, 0.2) is 0 Å². The van der Waals surface area contributed by atoms with Crippen LogP contribution in [0.25, 0.3) is 0 Å². The van der Waals surface area contributed by atoms with Crippen LogP contribution in [-0.2, 0) is 4.74 Å². The van der Waals surface area contributed by atoms with Gasteiger partial charge < -0.3 is 15.8 Å². The van der Waals surface area contributed by atoms with Gasteiger partial charge in [0.1, 0.15) is 4.99 Å². The number of anilines is 1. The molecule has 116 valence electrons. The molecule has 0 spiro atoms. The standard InChI is InChI=1S/C16H24N2OS2/c1-3-21-13-6-4-5-12(14(13)15(17)20)18-11-16(7-8-16)9-10-19-2/h4-6,18H,3,7-11H2,1-2H3,(H2,17,20). The lowest BCUT2D eigenvalue weighted by molar-refractivity contribution is 0.175. The Bertz CT molecular complexity index is 501. The first-order valence-corrected chi connectivity index (χ1v) is 8.80. The highest BCUT2D eigenvalue weighted by Gasteiger charge is 2.41. The van der Waals surface area contributed by atoms with Crippen molar-refractivity contribution in [1.82, 2.24) is 0 Å². The maximum Gasteiger partial charge on any atom is 0.107 e. The van der Waals surface area contributed by atoms with E-state index in [4.69, 9.17) is 22.7 Å². The van der Waals surface area contributed by atoms with Crippen LogP contribution in [0.3, 0.4) is 0 Å². The Balaban J connectivity index is 2.09. The van der Waals surface area contributed by atoms with Gasteiger partial charge in [0.25, 0.3) is 0 Å². The van der Waals surface area contributed by atoms with Gasteiger partial charge in [-0.15, -0.1) is 11.8 Å². The summed E-state index contributed by atoms with van der Waals surface area (Å²) < 4.78 is 5.21. The highest BCUT2D eigenvalue weighted by Crippen LogP contribution is 2.48. The minimum Gasteiger partial charge on any atom is -0.389 e. The summed E-state index contributed by atoms with van der Waals surface area (Å²) in [6, 6.07) is 6.23. The zero-order valence-corrected chi connectivity index (χ0v) is 14.4. The van der Waals surface area contributed by atoms with Crippen LogP contribution < -0.4 is 11.1 Å². The van der Waals surface area contributed by atoms with Crippen molar-refractivity contribution in [3.63, 3.8) is 0 Å². The summed E-state index contributed by atoms with van der Waals surface area (Å²) in [5.74, 6) is 1.01. The molecule has 2 rings (SSSR count).